The number of aromatic amines is 2. The van der Waals surface area contributed by atoms with Crippen molar-refractivity contribution in [2.45, 2.75) is 0 Å². The molecule has 0 aliphatic rings. The van der Waals surface area contributed by atoms with Gasteiger partial charge in [0, 0.05) is 5.38 Å². The van der Waals surface area contributed by atoms with Crippen LogP contribution < -0.4 is 4.87 Å². The number of nitrogens with one attached hydrogen (secondary N) is 2. The molecule has 0 radical (unpaired) electrons. The summed E-state index contributed by atoms with van der Waals surface area (Å²) in [4.78, 5) is 21.2. The van der Waals surface area contributed by atoms with Crippen LogP contribution in [0.3, 0.4) is 0 Å². The second-order valence-electron chi connectivity index (χ2n) is 3.16. The first-order chi connectivity index (χ1) is 7.33. The van der Waals surface area contributed by atoms with Crippen LogP contribution in [-0.4, -0.2) is 15.0 Å². The lowest BCUT2D eigenvalue weighted by atomic mass is 10.3. The maximum atomic E-state index is 11.0. The van der Waals surface area contributed by atoms with Gasteiger partial charge < -0.3 is 9.97 Å². The van der Waals surface area contributed by atoms with Gasteiger partial charge in [0.25, 0.3) is 0 Å². The molecule has 2 heterocycles. The Morgan fingerprint density at radius 1 is 1.20 bits per heavy atom. The van der Waals surface area contributed by atoms with Gasteiger partial charge in [-0.15, -0.1) is 0 Å². The number of aromatic nitrogens is 3. The first kappa shape index (κ1) is 8.43. The number of imidazole rings is 1. The average Bonchev–Trinajstić information content (AvgIpc) is 2.82. The Balaban J connectivity index is 2.24. The van der Waals surface area contributed by atoms with E-state index in [0.29, 0.717) is 5.82 Å². The highest BCUT2D eigenvalue weighted by Gasteiger charge is 2.05. The minimum atomic E-state index is -0.0644. The molecule has 0 unspecified atom stereocenters. The molecule has 3 aromatic rings. The van der Waals surface area contributed by atoms with E-state index in [2.05, 4.69) is 15.0 Å². The van der Waals surface area contributed by atoms with Crippen LogP contribution in [0.25, 0.3) is 22.6 Å². The molecule has 2 aromatic heterocycles. The predicted molar refractivity (Wildman–Crippen MR) is 60.0 cm³/mol. The van der Waals surface area contributed by atoms with Crippen molar-refractivity contribution in [1.82, 2.24) is 15.0 Å². The average molecular weight is 217 g/mol. The van der Waals surface area contributed by atoms with E-state index >= 15 is 0 Å². The molecule has 0 aliphatic heterocycles. The highest BCUT2D eigenvalue weighted by atomic mass is 32.1. The van der Waals surface area contributed by atoms with Gasteiger partial charge in [0.05, 0.1) is 16.7 Å². The van der Waals surface area contributed by atoms with Crippen LogP contribution in [0.4, 0.5) is 0 Å². The van der Waals surface area contributed by atoms with Crippen molar-refractivity contribution in [2.75, 3.05) is 0 Å². The first-order valence-electron chi connectivity index (χ1n) is 4.46. The molecule has 74 valence electrons. The Morgan fingerprint density at radius 3 is 2.80 bits per heavy atom. The number of hydrogen-bond acceptors (Lipinski definition) is 3. The summed E-state index contributed by atoms with van der Waals surface area (Å²) in [5, 5.41) is 1.76. The number of benzene rings is 1. The summed E-state index contributed by atoms with van der Waals surface area (Å²) in [6, 6.07) is 7.76. The Bertz CT molecular complexity index is 631. The molecule has 4 nitrogen and oxygen atoms in total. The number of rotatable bonds is 1. The molecule has 5 heteroatoms. The summed E-state index contributed by atoms with van der Waals surface area (Å²) in [6.07, 6.45) is 0. The van der Waals surface area contributed by atoms with E-state index in [1.807, 2.05) is 24.3 Å². The van der Waals surface area contributed by atoms with E-state index in [9.17, 15) is 4.79 Å². The minimum Gasteiger partial charge on any atom is -0.337 e. The monoisotopic (exact) mass is 217 g/mol. The lowest BCUT2D eigenvalue weighted by Gasteiger charge is -1.86. The van der Waals surface area contributed by atoms with E-state index in [1.54, 1.807) is 5.38 Å². The molecule has 0 saturated carbocycles. The summed E-state index contributed by atoms with van der Waals surface area (Å²) >= 11 is 1.14. The van der Waals surface area contributed by atoms with E-state index in [4.69, 9.17) is 0 Å². The van der Waals surface area contributed by atoms with Gasteiger partial charge in [-0.1, -0.05) is 23.5 Å². The Morgan fingerprint density at radius 2 is 2.07 bits per heavy atom. The third-order valence-electron chi connectivity index (χ3n) is 2.17. The van der Waals surface area contributed by atoms with Crippen molar-refractivity contribution < 1.29 is 0 Å². The van der Waals surface area contributed by atoms with Crippen molar-refractivity contribution in [3.05, 3.63) is 39.3 Å². The molecule has 0 aliphatic carbocycles. The van der Waals surface area contributed by atoms with Crippen LogP contribution in [0.2, 0.25) is 0 Å². The maximum absolute atomic E-state index is 11.0. The quantitative estimate of drug-likeness (QED) is 0.654. The lowest BCUT2D eigenvalue weighted by Crippen LogP contribution is -1.92. The topological polar surface area (TPSA) is 61.5 Å². The van der Waals surface area contributed by atoms with Crippen molar-refractivity contribution >= 4 is 22.4 Å². The molecule has 15 heavy (non-hydrogen) atoms. The van der Waals surface area contributed by atoms with Crippen molar-refractivity contribution in [1.29, 1.82) is 0 Å². The normalized spacial score (nSPS) is 10.9. The van der Waals surface area contributed by atoms with Gasteiger partial charge in [0.15, 0.2) is 5.82 Å². The van der Waals surface area contributed by atoms with E-state index in [1.165, 1.54) is 0 Å². The van der Waals surface area contributed by atoms with Crippen molar-refractivity contribution in [3.8, 4) is 11.5 Å². The summed E-state index contributed by atoms with van der Waals surface area (Å²) < 4.78 is 0. The summed E-state index contributed by atoms with van der Waals surface area (Å²) in [5.41, 5.74) is 2.61. The van der Waals surface area contributed by atoms with Gasteiger partial charge in [0.2, 0.25) is 0 Å². The fourth-order valence-electron chi connectivity index (χ4n) is 1.48. The van der Waals surface area contributed by atoms with Gasteiger partial charge >= 0.3 is 4.87 Å². The van der Waals surface area contributed by atoms with Gasteiger partial charge in [-0.3, -0.25) is 4.79 Å². The third-order valence-corrected chi connectivity index (χ3v) is 2.83. The highest BCUT2D eigenvalue weighted by Crippen LogP contribution is 2.18. The number of nitrogens with zero attached hydrogens (tertiary/aromatic N) is 1. The van der Waals surface area contributed by atoms with Crippen LogP contribution >= 0.6 is 11.3 Å². The zero-order valence-corrected chi connectivity index (χ0v) is 8.47. The third kappa shape index (κ3) is 1.37. The number of H-pyrrole nitrogens is 2. The Labute approximate surface area is 88.6 Å². The van der Waals surface area contributed by atoms with E-state index in [0.717, 1.165) is 28.1 Å². The van der Waals surface area contributed by atoms with Crippen LogP contribution in [-0.2, 0) is 0 Å². The zero-order valence-electron chi connectivity index (χ0n) is 7.65. The Hall–Kier alpha value is -1.88. The zero-order chi connectivity index (χ0) is 10.3. The number of thiazole rings is 1. The van der Waals surface area contributed by atoms with Gasteiger partial charge in [-0.25, -0.2) is 4.98 Å². The van der Waals surface area contributed by atoms with Crippen LogP contribution in [0.5, 0.6) is 0 Å². The molecular formula is C10H7N3OS. The van der Waals surface area contributed by atoms with Gasteiger partial charge in [-0.05, 0) is 12.1 Å². The SMILES string of the molecule is O=c1[nH]c(-c2nc3ccccc3[nH]2)cs1. The van der Waals surface area contributed by atoms with E-state index < -0.39 is 0 Å². The van der Waals surface area contributed by atoms with Gasteiger partial charge in [0.1, 0.15) is 0 Å². The molecule has 0 fully saturated rings. The second-order valence-corrected chi connectivity index (χ2v) is 4.01. The van der Waals surface area contributed by atoms with Crippen LogP contribution in [0.15, 0.2) is 34.4 Å². The van der Waals surface area contributed by atoms with Crippen LogP contribution in [0.1, 0.15) is 0 Å². The smallest absolute Gasteiger partial charge is 0.305 e. The number of para-hydroxylation sites is 2. The number of fused-ring (bicyclic) bond motifs is 1. The maximum Gasteiger partial charge on any atom is 0.305 e. The first-order valence-corrected chi connectivity index (χ1v) is 5.34. The largest absolute Gasteiger partial charge is 0.337 e. The van der Waals surface area contributed by atoms with Crippen molar-refractivity contribution in [3.63, 3.8) is 0 Å². The Kier molecular flexibility index (Phi) is 1.72. The minimum absolute atomic E-state index is 0.0644. The molecule has 1 aromatic carbocycles. The summed E-state index contributed by atoms with van der Waals surface area (Å²) in [6.45, 7) is 0. The van der Waals surface area contributed by atoms with Gasteiger partial charge in [-0.2, -0.15) is 0 Å². The molecular weight excluding hydrogens is 210 g/mol. The van der Waals surface area contributed by atoms with E-state index in [-0.39, 0.29) is 4.87 Å². The standard InChI is InChI=1S/C10H7N3OS/c14-10-13-8(5-15-10)9-11-6-3-1-2-4-7(6)12-9/h1-5H,(H,11,12)(H,13,14). The second kappa shape index (κ2) is 3.06. The molecule has 0 atom stereocenters. The fraction of sp³-hybridized carbons (Fsp3) is 0. The lowest BCUT2D eigenvalue weighted by molar-refractivity contribution is 1.25. The molecule has 0 amide bonds. The molecule has 2 N–H and O–H groups in total. The summed E-state index contributed by atoms with van der Waals surface area (Å²) in [7, 11) is 0. The van der Waals surface area contributed by atoms with Crippen molar-refractivity contribution in [2.24, 2.45) is 0 Å². The predicted octanol–water partition coefficient (Wildman–Crippen LogP) is 1.98. The number of hydrogen-bond donors (Lipinski definition) is 2. The molecule has 0 spiro atoms. The fourth-order valence-corrected chi connectivity index (χ4v) is 2.04. The van der Waals surface area contributed by atoms with Crippen LogP contribution in [0, 0.1) is 0 Å². The molecule has 0 bridgehead atoms. The molecule has 3 rings (SSSR count). The molecule has 0 saturated heterocycles. The summed E-state index contributed by atoms with van der Waals surface area (Å²) in [5.74, 6) is 0.703. The highest BCUT2D eigenvalue weighted by molar-refractivity contribution is 7.07.